The number of hydrogen-bond donors (Lipinski definition) is 2. The zero-order valence-electron chi connectivity index (χ0n) is 15.8. The molecule has 2 N–H and O–H groups in total. The summed E-state index contributed by atoms with van der Waals surface area (Å²) in [7, 11) is 0. The molecule has 0 aromatic carbocycles. The van der Waals surface area contributed by atoms with Crippen LogP contribution in [0.1, 0.15) is 26.7 Å². The Morgan fingerprint density at radius 3 is 2.57 bits per heavy atom. The van der Waals surface area contributed by atoms with Crippen molar-refractivity contribution < 1.29 is 29.4 Å². The maximum atomic E-state index is 12.6. The number of amides is 3. The van der Waals surface area contributed by atoms with Crippen molar-refractivity contribution in [2.45, 2.75) is 38.8 Å². The number of aliphatic carboxylic acids is 1. The number of nitrogens with zero attached hydrogens (tertiary/aromatic N) is 3. The van der Waals surface area contributed by atoms with Gasteiger partial charge in [-0.15, -0.1) is 0 Å². The molecule has 0 aromatic rings. The van der Waals surface area contributed by atoms with Gasteiger partial charge in [-0.1, -0.05) is 13.8 Å². The van der Waals surface area contributed by atoms with Crippen molar-refractivity contribution in [2.75, 3.05) is 19.6 Å². The summed E-state index contributed by atoms with van der Waals surface area (Å²) in [6.45, 7) is 5.50. The first kappa shape index (κ1) is 18.5. The quantitative estimate of drug-likeness (QED) is 0.541. The smallest absolute Gasteiger partial charge is 0.408 e. The summed E-state index contributed by atoms with van der Waals surface area (Å²) in [5.74, 6) is -1.64. The third-order valence-electron chi connectivity index (χ3n) is 5.98. The van der Waals surface area contributed by atoms with Crippen LogP contribution in [0, 0.1) is 11.8 Å². The summed E-state index contributed by atoms with van der Waals surface area (Å²) < 4.78 is 0. The first-order valence-corrected chi connectivity index (χ1v) is 9.49. The predicted molar refractivity (Wildman–Crippen MR) is 96.0 cm³/mol. The fourth-order valence-corrected chi connectivity index (χ4v) is 4.92. The van der Waals surface area contributed by atoms with E-state index in [9.17, 15) is 29.4 Å². The van der Waals surface area contributed by atoms with Crippen molar-refractivity contribution in [3.63, 3.8) is 0 Å². The molecule has 0 aliphatic carbocycles. The number of carbonyl (C=O) groups excluding carboxylic acids is 2. The van der Waals surface area contributed by atoms with Crippen LogP contribution in [0.25, 0.3) is 0 Å². The van der Waals surface area contributed by atoms with Crippen LogP contribution in [-0.2, 0) is 14.4 Å². The van der Waals surface area contributed by atoms with Crippen molar-refractivity contribution in [1.29, 1.82) is 0 Å². The zero-order valence-corrected chi connectivity index (χ0v) is 15.8. The van der Waals surface area contributed by atoms with E-state index in [4.69, 9.17) is 0 Å². The summed E-state index contributed by atoms with van der Waals surface area (Å²) >= 11 is 0. The second-order valence-corrected chi connectivity index (χ2v) is 8.29. The molecule has 9 heteroatoms. The molecule has 3 atom stereocenters. The second kappa shape index (κ2) is 6.35. The Morgan fingerprint density at radius 1 is 1.25 bits per heavy atom. The van der Waals surface area contributed by atoms with Gasteiger partial charge in [0.05, 0.1) is 6.04 Å². The summed E-state index contributed by atoms with van der Waals surface area (Å²) in [5, 5.41) is 19.1. The molecule has 4 rings (SSSR count). The summed E-state index contributed by atoms with van der Waals surface area (Å²) in [6.07, 6.45) is 1.33. The number of rotatable bonds is 4. The lowest BCUT2D eigenvalue weighted by Gasteiger charge is -2.49. The summed E-state index contributed by atoms with van der Waals surface area (Å²) in [5.41, 5.74) is 0.866. The predicted octanol–water partition coefficient (Wildman–Crippen LogP) is 0.733. The van der Waals surface area contributed by atoms with Crippen molar-refractivity contribution in [1.82, 2.24) is 14.7 Å². The van der Waals surface area contributed by atoms with Gasteiger partial charge in [-0.2, -0.15) is 0 Å². The second-order valence-electron chi connectivity index (χ2n) is 8.29. The van der Waals surface area contributed by atoms with Crippen LogP contribution in [0.4, 0.5) is 4.79 Å². The number of carbonyl (C=O) groups is 4. The molecule has 0 saturated carbocycles. The lowest BCUT2D eigenvalue weighted by Crippen LogP contribution is -2.69. The Labute approximate surface area is 161 Å². The van der Waals surface area contributed by atoms with E-state index in [1.54, 1.807) is 11.0 Å². The Morgan fingerprint density at radius 2 is 1.96 bits per heavy atom. The fourth-order valence-electron chi connectivity index (χ4n) is 4.92. The fraction of sp³-hybridized carbons (Fsp3) is 0.579. The van der Waals surface area contributed by atoms with E-state index in [1.807, 2.05) is 13.8 Å². The molecule has 0 radical (unpaired) electrons. The van der Waals surface area contributed by atoms with Gasteiger partial charge in [0.1, 0.15) is 11.7 Å². The van der Waals surface area contributed by atoms with E-state index < -0.39 is 30.1 Å². The molecule has 4 heterocycles. The molecule has 3 amide bonds. The molecular weight excluding hydrogens is 366 g/mol. The lowest BCUT2D eigenvalue weighted by atomic mass is 9.79. The van der Waals surface area contributed by atoms with Gasteiger partial charge < -0.3 is 15.1 Å². The van der Waals surface area contributed by atoms with Crippen LogP contribution in [0.15, 0.2) is 22.9 Å². The topological polar surface area (TPSA) is 118 Å². The number of hydrogen-bond acceptors (Lipinski definition) is 4. The monoisotopic (exact) mass is 389 g/mol. The van der Waals surface area contributed by atoms with E-state index in [0.717, 1.165) is 4.90 Å². The van der Waals surface area contributed by atoms with Crippen molar-refractivity contribution in [2.24, 2.45) is 11.8 Å². The molecule has 0 unspecified atom stereocenters. The van der Waals surface area contributed by atoms with E-state index in [1.165, 1.54) is 4.90 Å². The Bertz CT molecular complexity index is 845. The highest BCUT2D eigenvalue weighted by Crippen LogP contribution is 2.47. The van der Waals surface area contributed by atoms with Crippen LogP contribution >= 0.6 is 0 Å². The van der Waals surface area contributed by atoms with E-state index in [-0.39, 0.29) is 24.1 Å². The summed E-state index contributed by atoms with van der Waals surface area (Å²) in [4.78, 5) is 52.6. The maximum Gasteiger partial charge on any atom is 0.408 e. The number of allylic oxidation sites excluding steroid dienone is 2. The minimum atomic E-state index is -1.23. The lowest BCUT2D eigenvalue weighted by molar-refractivity contribution is -0.156. The largest absolute Gasteiger partial charge is 0.477 e. The van der Waals surface area contributed by atoms with Gasteiger partial charge in [-0.25, -0.2) is 9.59 Å². The van der Waals surface area contributed by atoms with Crippen LogP contribution in [0.3, 0.4) is 0 Å². The Balaban J connectivity index is 1.66. The van der Waals surface area contributed by atoms with Crippen molar-refractivity contribution in [3.8, 4) is 0 Å². The Kier molecular flexibility index (Phi) is 4.20. The molecule has 3 fully saturated rings. The number of carboxylic acid groups (broad SMARTS) is 2. The zero-order chi connectivity index (χ0) is 20.3. The normalized spacial score (nSPS) is 30.5. The van der Waals surface area contributed by atoms with Crippen LogP contribution < -0.4 is 0 Å². The van der Waals surface area contributed by atoms with Crippen molar-refractivity contribution in [3.05, 3.63) is 22.9 Å². The average molecular weight is 389 g/mol. The van der Waals surface area contributed by atoms with Crippen LogP contribution in [0.2, 0.25) is 0 Å². The van der Waals surface area contributed by atoms with Gasteiger partial charge >= 0.3 is 12.1 Å². The van der Waals surface area contributed by atoms with Gasteiger partial charge in [0, 0.05) is 31.1 Å². The molecule has 28 heavy (non-hydrogen) atoms. The first-order chi connectivity index (χ1) is 13.2. The molecule has 9 nitrogen and oxygen atoms in total. The van der Waals surface area contributed by atoms with Gasteiger partial charge in [0.15, 0.2) is 0 Å². The van der Waals surface area contributed by atoms with E-state index in [0.29, 0.717) is 43.0 Å². The highest BCUT2D eigenvalue weighted by molar-refractivity contribution is 6.03. The van der Waals surface area contributed by atoms with Gasteiger partial charge in [-0.05, 0) is 30.4 Å². The van der Waals surface area contributed by atoms with Crippen LogP contribution in [0.5, 0.6) is 0 Å². The Hall–Kier alpha value is -2.84. The average Bonchev–Trinajstić information content (AvgIpc) is 3.13. The summed E-state index contributed by atoms with van der Waals surface area (Å²) in [6, 6.07) is -1.21. The highest BCUT2D eigenvalue weighted by Gasteiger charge is 2.64. The van der Waals surface area contributed by atoms with Gasteiger partial charge in [0.2, 0.25) is 5.91 Å². The number of carboxylic acids is 1. The molecular formula is C19H23N3O6. The minimum absolute atomic E-state index is 0.0977. The first-order valence-electron chi connectivity index (χ1n) is 9.49. The molecule has 4 aliphatic heterocycles. The number of likely N-dealkylation sites (tertiary alicyclic amines) is 2. The third kappa shape index (κ3) is 2.60. The number of β-lactam (4-membered cyclic amide) rings is 1. The molecule has 3 saturated heterocycles. The molecule has 4 aliphatic rings. The molecule has 0 aromatic heterocycles. The van der Waals surface area contributed by atoms with Crippen molar-refractivity contribution >= 4 is 23.9 Å². The van der Waals surface area contributed by atoms with E-state index >= 15 is 0 Å². The van der Waals surface area contributed by atoms with Gasteiger partial charge in [0.25, 0.3) is 5.91 Å². The molecule has 0 spiro atoms. The standard InChI is InChI=1S/C19H23N3O6/c1-9(2)7-20-4-3-10(16(20)23)5-11-6-12-8-21(19(27)28)15-13(12)22(17(15)24)14(11)18(25)26/h5,9,12-13,15H,3-4,6-8H2,1-2H3,(H,25,26)(H,27,28)/b10-5+/t12-,13-,15+/m1/s1. The highest BCUT2D eigenvalue weighted by atomic mass is 16.4. The van der Waals surface area contributed by atoms with Gasteiger partial charge in [-0.3, -0.25) is 19.4 Å². The maximum absolute atomic E-state index is 12.6. The van der Waals surface area contributed by atoms with E-state index in [2.05, 4.69) is 0 Å². The minimum Gasteiger partial charge on any atom is -0.477 e. The third-order valence-corrected chi connectivity index (χ3v) is 5.98. The SMILES string of the molecule is CC(C)CN1CC/C(=C\C2=C(C(=O)O)N3C(=O)[C@@H]4[C@H]3[C@H](C2)CN4C(=O)O)C1=O. The van der Waals surface area contributed by atoms with Crippen LogP contribution in [-0.4, -0.2) is 80.5 Å². The molecule has 150 valence electrons. The molecule has 0 bridgehead atoms.